The molecular formula is C29H21N5O4S. The lowest BCUT2D eigenvalue weighted by molar-refractivity contribution is -0.114. The van der Waals surface area contributed by atoms with Gasteiger partial charge in [-0.3, -0.25) is 14.9 Å². The lowest BCUT2D eigenvalue weighted by Gasteiger charge is -2.03. The highest BCUT2D eigenvalue weighted by atomic mass is 32.2. The van der Waals surface area contributed by atoms with E-state index in [0.29, 0.717) is 22.6 Å². The maximum Gasteiger partial charge on any atom is 0.277 e. The number of nitrogens with zero attached hydrogens (tertiary/aromatic N) is 3. The fourth-order valence-electron chi connectivity index (χ4n) is 3.87. The van der Waals surface area contributed by atoms with Crippen molar-refractivity contribution < 1.29 is 18.4 Å². The Kier molecular flexibility index (Phi) is 7.52. The van der Waals surface area contributed by atoms with Crippen molar-refractivity contribution in [3.63, 3.8) is 0 Å². The molecule has 0 atom stereocenters. The van der Waals surface area contributed by atoms with E-state index in [4.69, 9.17) is 8.83 Å². The Bertz CT molecular complexity index is 1660. The number of furan rings is 1. The van der Waals surface area contributed by atoms with Crippen molar-refractivity contribution in [3.05, 3.63) is 90.5 Å². The molecule has 0 spiro atoms. The maximum absolute atomic E-state index is 12.8. The minimum atomic E-state index is -0.399. The summed E-state index contributed by atoms with van der Waals surface area (Å²) in [6, 6.07) is 28.0. The molecule has 0 aliphatic carbocycles. The largest absolute Gasteiger partial charge is 0.438 e. The van der Waals surface area contributed by atoms with Crippen molar-refractivity contribution in [3.8, 4) is 40.0 Å². The second kappa shape index (κ2) is 11.5. The van der Waals surface area contributed by atoms with Gasteiger partial charge in [0.2, 0.25) is 23.6 Å². The predicted octanol–water partition coefficient (Wildman–Crippen LogP) is 6.22. The molecule has 2 aromatic heterocycles. The average molecular weight is 536 g/mol. The minimum Gasteiger partial charge on any atom is -0.438 e. The van der Waals surface area contributed by atoms with Gasteiger partial charge < -0.3 is 14.2 Å². The molecule has 0 radical (unpaired) electrons. The average Bonchev–Trinajstić information content (AvgIpc) is 3.58. The molecule has 0 unspecified atom stereocenters. The summed E-state index contributed by atoms with van der Waals surface area (Å²) >= 11 is 1.06. The molecule has 2 N–H and O–H groups in total. The van der Waals surface area contributed by atoms with E-state index in [1.165, 1.54) is 6.92 Å². The summed E-state index contributed by atoms with van der Waals surface area (Å²) in [5, 5.41) is 23.6. The molecule has 5 aromatic rings. The van der Waals surface area contributed by atoms with Gasteiger partial charge in [0.1, 0.15) is 17.4 Å². The van der Waals surface area contributed by atoms with Crippen molar-refractivity contribution in [1.29, 1.82) is 5.26 Å². The van der Waals surface area contributed by atoms with Crippen LogP contribution in [0, 0.1) is 11.3 Å². The van der Waals surface area contributed by atoms with Crippen molar-refractivity contribution in [2.45, 2.75) is 12.1 Å². The first-order valence-corrected chi connectivity index (χ1v) is 12.8. The van der Waals surface area contributed by atoms with Crippen LogP contribution in [0.2, 0.25) is 0 Å². The van der Waals surface area contributed by atoms with Gasteiger partial charge in [-0.25, -0.2) is 0 Å². The molecule has 192 valence electrons. The van der Waals surface area contributed by atoms with Crippen LogP contribution in [0.4, 0.5) is 11.6 Å². The number of hydrogen-bond acceptors (Lipinski definition) is 8. The summed E-state index contributed by atoms with van der Waals surface area (Å²) in [6.45, 7) is 1.43. The number of carbonyl (C=O) groups is 2. The molecule has 0 aliphatic heterocycles. The van der Waals surface area contributed by atoms with E-state index in [9.17, 15) is 14.9 Å². The number of nitrogens with one attached hydrogen (secondary N) is 2. The lowest BCUT2D eigenvalue weighted by Crippen LogP contribution is -2.14. The number of hydrogen-bond donors (Lipinski definition) is 2. The van der Waals surface area contributed by atoms with Crippen LogP contribution in [0.5, 0.6) is 0 Å². The van der Waals surface area contributed by atoms with Crippen molar-refractivity contribution in [1.82, 2.24) is 10.2 Å². The molecule has 10 heteroatoms. The van der Waals surface area contributed by atoms with Crippen molar-refractivity contribution in [2.75, 3.05) is 16.4 Å². The van der Waals surface area contributed by atoms with Crippen LogP contribution in [0.3, 0.4) is 0 Å². The van der Waals surface area contributed by atoms with E-state index in [-0.39, 0.29) is 34.2 Å². The van der Waals surface area contributed by atoms with Crippen molar-refractivity contribution in [2.24, 2.45) is 0 Å². The highest BCUT2D eigenvalue weighted by molar-refractivity contribution is 7.99. The van der Waals surface area contributed by atoms with Crippen LogP contribution >= 0.6 is 11.8 Å². The van der Waals surface area contributed by atoms with Crippen LogP contribution in [-0.2, 0) is 9.59 Å². The predicted molar refractivity (Wildman–Crippen MR) is 148 cm³/mol. The molecule has 0 bridgehead atoms. The molecule has 9 nitrogen and oxygen atoms in total. The van der Waals surface area contributed by atoms with Crippen LogP contribution < -0.4 is 10.6 Å². The second-order valence-corrected chi connectivity index (χ2v) is 9.25. The molecule has 0 saturated heterocycles. The number of amides is 2. The molecule has 39 heavy (non-hydrogen) atoms. The Labute approximate surface area is 227 Å². The number of benzene rings is 3. The van der Waals surface area contributed by atoms with Gasteiger partial charge in [0, 0.05) is 29.3 Å². The van der Waals surface area contributed by atoms with Crippen LogP contribution in [0.25, 0.3) is 33.9 Å². The van der Waals surface area contributed by atoms with Crippen LogP contribution in [-0.4, -0.2) is 27.8 Å². The third-order valence-corrected chi connectivity index (χ3v) is 6.38. The van der Waals surface area contributed by atoms with E-state index < -0.39 is 5.91 Å². The van der Waals surface area contributed by atoms with E-state index >= 15 is 0 Å². The number of rotatable bonds is 8. The Balaban J connectivity index is 1.31. The fourth-order valence-corrected chi connectivity index (χ4v) is 4.44. The molecule has 0 fully saturated rings. The van der Waals surface area contributed by atoms with Gasteiger partial charge in [0.05, 0.1) is 5.75 Å². The summed E-state index contributed by atoms with van der Waals surface area (Å²) in [5.41, 5.74) is 3.75. The summed E-state index contributed by atoms with van der Waals surface area (Å²) in [4.78, 5) is 24.0. The Morgan fingerprint density at radius 2 is 1.51 bits per heavy atom. The maximum atomic E-state index is 12.8. The highest BCUT2D eigenvalue weighted by Crippen LogP contribution is 2.41. The number of aromatic nitrogens is 2. The molecule has 2 heterocycles. The smallest absolute Gasteiger partial charge is 0.277 e. The van der Waals surface area contributed by atoms with E-state index in [0.717, 1.165) is 22.9 Å². The minimum absolute atomic E-state index is 0.0456. The zero-order valence-electron chi connectivity index (χ0n) is 20.7. The first kappa shape index (κ1) is 25.5. The van der Waals surface area contributed by atoms with Gasteiger partial charge >= 0.3 is 0 Å². The topological polar surface area (TPSA) is 134 Å². The zero-order chi connectivity index (χ0) is 27.2. The number of thioether (sulfide) groups is 1. The fraction of sp³-hybridized carbons (Fsp3) is 0.0690. The van der Waals surface area contributed by atoms with E-state index in [2.05, 4.69) is 26.9 Å². The first-order chi connectivity index (χ1) is 19.0. The third kappa shape index (κ3) is 5.89. The van der Waals surface area contributed by atoms with Gasteiger partial charge in [-0.05, 0) is 29.8 Å². The normalized spacial score (nSPS) is 10.6. The molecule has 2 amide bonds. The number of anilines is 2. The van der Waals surface area contributed by atoms with E-state index in [1.54, 1.807) is 24.3 Å². The lowest BCUT2D eigenvalue weighted by atomic mass is 9.98. The van der Waals surface area contributed by atoms with Crippen LogP contribution in [0.15, 0.2) is 99.0 Å². The summed E-state index contributed by atoms with van der Waals surface area (Å²) in [6.07, 6.45) is 0. The van der Waals surface area contributed by atoms with Crippen molar-refractivity contribution >= 4 is 35.1 Å². The Morgan fingerprint density at radius 3 is 2.15 bits per heavy atom. The molecule has 3 aromatic carbocycles. The van der Waals surface area contributed by atoms with Crippen LogP contribution in [0.1, 0.15) is 12.5 Å². The second-order valence-electron chi connectivity index (χ2n) is 8.32. The first-order valence-electron chi connectivity index (χ1n) is 11.8. The number of carbonyl (C=O) groups excluding carboxylic acids is 2. The zero-order valence-corrected chi connectivity index (χ0v) is 21.5. The molecule has 0 aliphatic rings. The Morgan fingerprint density at radius 1 is 0.846 bits per heavy atom. The molecule has 5 rings (SSSR count). The summed E-state index contributed by atoms with van der Waals surface area (Å²) in [5.74, 6) is 0.241. The quantitative estimate of drug-likeness (QED) is 0.224. The number of nitriles is 1. The third-order valence-electron chi connectivity index (χ3n) is 5.56. The van der Waals surface area contributed by atoms with Gasteiger partial charge in [-0.2, -0.15) is 5.26 Å². The molecule has 0 saturated carbocycles. The van der Waals surface area contributed by atoms with Gasteiger partial charge in [0.25, 0.3) is 5.22 Å². The van der Waals surface area contributed by atoms with Gasteiger partial charge in [0.15, 0.2) is 0 Å². The van der Waals surface area contributed by atoms with Gasteiger partial charge in [-0.1, -0.05) is 72.4 Å². The monoisotopic (exact) mass is 535 g/mol. The Hall–Kier alpha value is -5.14. The summed E-state index contributed by atoms with van der Waals surface area (Å²) in [7, 11) is 0. The summed E-state index contributed by atoms with van der Waals surface area (Å²) < 4.78 is 11.7. The molecular weight excluding hydrogens is 514 g/mol. The van der Waals surface area contributed by atoms with E-state index in [1.807, 2.05) is 60.7 Å². The highest BCUT2D eigenvalue weighted by Gasteiger charge is 2.24. The van der Waals surface area contributed by atoms with Gasteiger partial charge in [-0.15, -0.1) is 10.2 Å². The standard InChI is InChI=1S/C29H21N5O4S/c1-18(35)31-22-14-12-21(13-15-22)27-33-34-29(38-27)39-17-24(36)32-28-23(16-30)25(19-8-4-2-5-9-19)26(37-28)20-10-6-3-7-11-20/h2-15H,17H2,1H3,(H,31,35)(H,32,36). The SMILES string of the molecule is CC(=O)Nc1ccc(-c2nnc(SCC(=O)Nc3oc(-c4ccccc4)c(-c4ccccc4)c3C#N)o2)cc1.